The van der Waals surface area contributed by atoms with Crippen LogP contribution in [0.25, 0.3) is 0 Å². The van der Waals surface area contributed by atoms with Gasteiger partial charge in [-0.25, -0.2) is 18.1 Å². The van der Waals surface area contributed by atoms with Gasteiger partial charge in [0.1, 0.15) is 29.0 Å². The molecule has 0 spiro atoms. The lowest BCUT2D eigenvalue weighted by atomic mass is 10.1. The van der Waals surface area contributed by atoms with Gasteiger partial charge >= 0.3 is 0 Å². The highest BCUT2D eigenvalue weighted by Crippen LogP contribution is 2.32. The van der Waals surface area contributed by atoms with Gasteiger partial charge in [-0.2, -0.15) is 5.26 Å². The molecule has 7 heteroatoms. The minimum absolute atomic E-state index is 0.0193. The summed E-state index contributed by atoms with van der Waals surface area (Å²) >= 11 is 0. The highest BCUT2D eigenvalue weighted by molar-refractivity contribution is 7.89. The first-order valence-electron chi connectivity index (χ1n) is 6.20. The summed E-state index contributed by atoms with van der Waals surface area (Å²) < 4.78 is 32.6. The zero-order valence-corrected chi connectivity index (χ0v) is 11.7. The number of rotatable bonds is 3. The maximum absolute atomic E-state index is 12.3. The van der Waals surface area contributed by atoms with Gasteiger partial charge in [0.25, 0.3) is 0 Å². The van der Waals surface area contributed by atoms with Crippen LogP contribution in [0, 0.1) is 11.3 Å². The molecular formula is C14H11N3O3S. The van der Waals surface area contributed by atoms with Crippen LogP contribution in [0.2, 0.25) is 0 Å². The Balaban J connectivity index is 1.86. The van der Waals surface area contributed by atoms with Crippen LogP contribution < -0.4 is 9.46 Å². The van der Waals surface area contributed by atoms with Crippen molar-refractivity contribution in [2.45, 2.75) is 10.9 Å². The lowest BCUT2D eigenvalue weighted by Gasteiger charge is -2.12. The van der Waals surface area contributed by atoms with Crippen LogP contribution in [-0.2, 0) is 10.0 Å². The van der Waals surface area contributed by atoms with Crippen LogP contribution in [-0.4, -0.2) is 20.0 Å². The number of pyridine rings is 1. The van der Waals surface area contributed by atoms with E-state index in [4.69, 9.17) is 10.00 Å². The van der Waals surface area contributed by atoms with E-state index >= 15 is 0 Å². The van der Waals surface area contributed by atoms with E-state index in [1.165, 1.54) is 18.3 Å². The van der Waals surface area contributed by atoms with Gasteiger partial charge in [0.15, 0.2) is 0 Å². The molecule has 0 aliphatic carbocycles. The molecular weight excluding hydrogens is 290 g/mol. The van der Waals surface area contributed by atoms with E-state index in [1.54, 1.807) is 6.07 Å². The fraction of sp³-hybridized carbons (Fsp3) is 0.143. The SMILES string of the molecule is N#Cc1ccc(S(=O)(=O)NC2COc3ccccc32)cn1. The van der Waals surface area contributed by atoms with Gasteiger partial charge < -0.3 is 4.74 Å². The normalized spacial score (nSPS) is 16.8. The zero-order valence-electron chi connectivity index (χ0n) is 10.9. The van der Waals surface area contributed by atoms with Crippen molar-refractivity contribution in [2.24, 2.45) is 0 Å². The van der Waals surface area contributed by atoms with Crippen molar-refractivity contribution < 1.29 is 13.2 Å². The van der Waals surface area contributed by atoms with Gasteiger partial charge in [-0.15, -0.1) is 0 Å². The molecule has 1 N–H and O–H groups in total. The molecule has 3 rings (SSSR count). The molecule has 2 aromatic rings. The van der Waals surface area contributed by atoms with Gasteiger partial charge in [-0.3, -0.25) is 0 Å². The van der Waals surface area contributed by atoms with Crippen molar-refractivity contribution in [1.29, 1.82) is 5.26 Å². The van der Waals surface area contributed by atoms with Gasteiger partial charge in [0, 0.05) is 11.8 Å². The van der Waals surface area contributed by atoms with Gasteiger partial charge in [-0.1, -0.05) is 18.2 Å². The quantitative estimate of drug-likeness (QED) is 0.924. The maximum atomic E-state index is 12.3. The number of aromatic nitrogens is 1. The molecule has 21 heavy (non-hydrogen) atoms. The minimum atomic E-state index is -3.71. The number of hydrogen-bond donors (Lipinski definition) is 1. The smallest absolute Gasteiger partial charge is 0.242 e. The summed E-state index contributed by atoms with van der Waals surface area (Å²) in [7, 11) is -3.71. The zero-order chi connectivity index (χ0) is 14.9. The molecule has 0 bridgehead atoms. The predicted octanol–water partition coefficient (Wildman–Crippen LogP) is 1.37. The van der Waals surface area contributed by atoms with Crippen LogP contribution >= 0.6 is 0 Å². The number of sulfonamides is 1. The van der Waals surface area contributed by atoms with Crippen molar-refractivity contribution in [2.75, 3.05) is 6.61 Å². The lowest BCUT2D eigenvalue weighted by Crippen LogP contribution is -2.29. The summed E-state index contributed by atoms with van der Waals surface area (Å²) in [5, 5.41) is 8.68. The molecule has 1 aliphatic rings. The average molecular weight is 301 g/mol. The maximum Gasteiger partial charge on any atom is 0.242 e. The Morgan fingerprint density at radius 1 is 1.29 bits per heavy atom. The van der Waals surface area contributed by atoms with Crippen molar-refractivity contribution in [3.05, 3.63) is 53.9 Å². The first-order valence-corrected chi connectivity index (χ1v) is 7.69. The van der Waals surface area contributed by atoms with E-state index in [0.717, 1.165) is 5.56 Å². The van der Waals surface area contributed by atoms with E-state index in [9.17, 15) is 8.42 Å². The Morgan fingerprint density at radius 2 is 2.10 bits per heavy atom. The monoisotopic (exact) mass is 301 g/mol. The van der Waals surface area contributed by atoms with Crippen LogP contribution in [0.15, 0.2) is 47.5 Å². The number of nitriles is 1. The third-order valence-corrected chi connectivity index (χ3v) is 4.62. The van der Waals surface area contributed by atoms with E-state index in [1.807, 2.05) is 24.3 Å². The summed E-state index contributed by atoms with van der Waals surface area (Å²) in [5.74, 6) is 0.683. The minimum Gasteiger partial charge on any atom is -0.491 e. The van der Waals surface area contributed by atoms with Crippen LogP contribution in [0.4, 0.5) is 0 Å². The Bertz CT molecular complexity index is 810. The molecule has 0 radical (unpaired) electrons. The fourth-order valence-corrected chi connectivity index (χ4v) is 3.27. The molecule has 106 valence electrons. The summed E-state index contributed by atoms with van der Waals surface area (Å²) in [5.41, 5.74) is 0.978. The van der Waals surface area contributed by atoms with Gasteiger partial charge in [0.05, 0.1) is 6.04 Å². The number of para-hydroxylation sites is 1. The number of ether oxygens (including phenoxy) is 1. The van der Waals surface area contributed by atoms with Crippen LogP contribution in [0.3, 0.4) is 0 Å². The van der Waals surface area contributed by atoms with Gasteiger partial charge in [-0.05, 0) is 18.2 Å². The van der Waals surface area contributed by atoms with Crippen molar-refractivity contribution >= 4 is 10.0 Å². The molecule has 1 aromatic heterocycles. The fourth-order valence-electron chi connectivity index (χ4n) is 2.12. The van der Waals surface area contributed by atoms with E-state index in [2.05, 4.69) is 9.71 Å². The second-order valence-corrected chi connectivity index (χ2v) is 6.23. The Hall–Kier alpha value is -2.43. The van der Waals surface area contributed by atoms with Crippen LogP contribution in [0.5, 0.6) is 5.75 Å². The molecule has 1 unspecified atom stereocenters. The molecule has 0 amide bonds. The third kappa shape index (κ3) is 2.59. The number of hydrogen-bond acceptors (Lipinski definition) is 5. The van der Waals surface area contributed by atoms with Crippen molar-refractivity contribution in [3.8, 4) is 11.8 Å². The largest absolute Gasteiger partial charge is 0.491 e. The summed E-state index contributed by atoms with van der Waals surface area (Å²) in [4.78, 5) is 3.79. The number of nitrogens with one attached hydrogen (secondary N) is 1. The molecule has 1 aliphatic heterocycles. The van der Waals surface area contributed by atoms with E-state index in [-0.39, 0.29) is 17.2 Å². The van der Waals surface area contributed by atoms with Crippen molar-refractivity contribution in [1.82, 2.24) is 9.71 Å². The molecule has 1 atom stereocenters. The standard InChI is InChI=1S/C14H11N3O3S/c15-7-10-5-6-11(8-16-10)21(18,19)17-13-9-20-14-4-2-1-3-12(13)14/h1-6,8,13,17H,9H2. The number of nitrogens with zero attached hydrogens (tertiary/aromatic N) is 2. The van der Waals surface area contributed by atoms with E-state index in [0.29, 0.717) is 5.75 Å². The molecule has 2 heterocycles. The Morgan fingerprint density at radius 3 is 2.81 bits per heavy atom. The highest BCUT2D eigenvalue weighted by atomic mass is 32.2. The average Bonchev–Trinajstić information content (AvgIpc) is 2.90. The Labute approximate surface area is 122 Å². The van der Waals surface area contributed by atoms with Gasteiger partial charge in [0.2, 0.25) is 10.0 Å². The highest BCUT2D eigenvalue weighted by Gasteiger charge is 2.28. The second-order valence-electron chi connectivity index (χ2n) is 4.51. The molecule has 1 aromatic carbocycles. The van der Waals surface area contributed by atoms with Crippen LogP contribution in [0.1, 0.15) is 17.3 Å². The van der Waals surface area contributed by atoms with E-state index < -0.39 is 16.1 Å². The molecule has 6 nitrogen and oxygen atoms in total. The third-order valence-electron chi connectivity index (χ3n) is 3.16. The molecule has 0 fully saturated rings. The molecule has 0 saturated carbocycles. The summed E-state index contributed by atoms with van der Waals surface area (Å²) in [6, 6.07) is 11.4. The Kier molecular flexibility index (Phi) is 3.33. The predicted molar refractivity (Wildman–Crippen MR) is 74.0 cm³/mol. The number of fused-ring (bicyclic) bond motifs is 1. The summed E-state index contributed by atoms with van der Waals surface area (Å²) in [6.07, 6.45) is 1.17. The number of benzene rings is 1. The topological polar surface area (TPSA) is 92.1 Å². The first-order chi connectivity index (χ1) is 10.1. The lowest BCUT2D eigenvalue weighted by molar-refractivity contribution is 0.325. The second kappa shape index (κ2) is 5.16. The molecule has 0 saturated heterocycles. The van der Waals surface area contributed by atoms with Crippen molar-refractivity contribution in [3.63, 3.8) is 0 Å². The first kappa shape index (κ1) is 13.5. The summed E-state index contributed by atoms with van der Waals surface area (Å²) in [6.45, 7) is 0.252.